The van der Waals surface area contributed by atoms with Gasteiger partial charge in [-0.15, -0.1) is 0 Å². The summed E-state index contributed by atoms with van der Waals surface area (Å²) in [5.74, 6) is 0. The van der Waals surface area contributed by atoms with Crippen LogP contribution in [0.2, 0.25) is 0 Å². The highest BCUT2D eigenvalue weighted by Crippen LogP contribution is 2.09. The number of carbonyl (C=O) groups excluding carboxylic acids is 1. The normalized spacial score (nSPS) is 10.0. The zero-order valence-electron chi connectivity index (χ0n) is 8.66. The van der Waals surface area contributed by atoms with E-state index < -0.39 is 0 Å². The quantitative estimate of drug-likeness (QED) is 0.754. The molecular weight excluding hydrogens is 178 g/mol. The number of nitrogens with zero attached hydrogens (tertiary/aromatic N) is 1. The van der Waals surface area contributed by atoms with Gasteiger partial charge in [-0.25, -0.2) is 4.79 Å². The largest absolute Gasteiger partial charge is 0.336 e. The molecule has 1 aromatic heterocycles. The molecular formula is C10H15N3O. The van der Waals surface area contributed by atoms with Crippen LogP contribution in [0.4, 0.5) is 10.5 Å². The summed E-state index contributed by atoms with van der Waals surface area (Å²) in [6.45, 7) is 5.68. The van der Waals surface area contributed by atoms with Gasteiger partial charge in [-0.2, -0.15) is 0 Å². The Labute approximate surface area is 83.7 Å². The Bertz CT molecular complexity index is 323. The predicted octanol–water partition coefficient (Wildman–Crippen LogP) is 1.92. The van der Waals surface area contributed by atoms with Crippen molar-refractivity contribution in [1.82, 2.24) is 10.3 Å². The molecule has 76 valence electrons. The van der Waals surface area contributed by atoms with Crippen molar-refractivity contribution in [2.75, 3.05) is 5.32 Å². The number of hydrogen-bond donors (Lipinski definition) is 2. The second-order valence-electron chi connectivity index (χ2n) is 3.39. The number of carbonyl (C=O) groups is 1. The van der Waals surface area contributed by atoms with E-state index in [0.29, 0.717) is 0 Å². The van der Waals surface area contributed by atoms with E-state index in [-0.39, 0.29) is 12.1 Å². The number of anilines is 1. The summed E-state index contributed by atoms with van der Waals surface area (Å²) in [6, 6.07) is 3.54. The first kappa shape index (κ1) is 10.5. The number of aryl methyl sites for hydroxylation is 1. The molecule has 0 saturated carbocycles. The monoisotopic (exact) mass is 193 g/mol. The third-order valence-corrected chi connectivity index (χ3v) is 1.67. The molecule has 0 atom stereocenters. The van der Waals surface area contributed by atoms with E-state index in [1.54, 1.807) is 12.3 Å². The molecule has 0 aromatic carbocycles. The lowest BCUT2D eigenvalue weighted by atomic mass is 10.3. The molecule has 0 radical (unpaired) electrons. The van der Waals surface area contributed by atoms with E-state index >= 15 is 0 Å². The van der Waals surface area contributed by atoms with Crippen molar-refractivity contribution in [3.63, 3.8) is 0 Å². The molecule has 1 rings (SSSR count). The minimum atomic E-state index is -0.198. The molecule has 0 unspecified atom stereocenters. The zero-order valence-corrected chi connectivity index (χ0v) is 8.66. The summed E-state index contributed by atoms with van der Waals surface area (Å²) in [5, 5.41) is 5.47. The first-order valence-corrected chi connectivity index (χ1v) is 4.58. The van der Waals surface area contributed by atoms with Gasteiger partial charge in [0.1, 0.15) is 0 Å². The number of amides is 2. The average Bonchev–Trinajstić information content (AvgIpc) is 2.07. The second kappa shape index (κ2) is 4.60. The lowest BCUT2D eigenvalue weighted by Gasteiger charge is -2.10. The fourth-order valence-electron chi connectivity index (χ4n) is 1.04. The third-order valence-electron chi connectivity index (χ3n) is 1.67. The number of nitrogens with one attached hydrogen (secondary N) is 2. The molecule has 0 bridgehead atoms. The Morgan fingerprint density at radius 1 is 1.50 bits per heavy atom. The summed E-state index contributed by atoms with van der Waals surface area (Å²) >= 11 is 0. The maximum Gasteiger partial charge on any atom is 0.319 e. The van der Waals surface area contributed by atoms with Gasteiger partial charge in [-0.3, -0.25) is 4.98 Å². The molecule has 4 heteroatoms. The Kier molecular flexibility index (Phi) is 3.45. The van der Waals surface area contributed by atoms with Gasteiger partial charge in [0.25, 0.3) is 0 Å². The van der Waals surface area contributed by atoms with Crippen LogP contribution in [-0.4, -0.2) is 17.1 Å². The zero-order chi connectivity index (χ0) is 10.6. The molecule has 0 saturated heterocycles. The van der Waals surface area contributed by atoms with Crippen molar-refractivity contribution in [2.24, 2.45) is 0 Å². The van der Waals surface area contributed by atoms with Crippen molar-refractivity contribution in [3.05, 3.63) is 24.0 Å². The van der Waals surface area contributed by atoms with Crippen LogP contribution in [0.25, 0.3) is 0 Å². The topological polar surface area (TPSA) is 54.0 Å². The van der Waals surface area contributed by atoms with Crippen LogP contribution in [0.3, 0.4) is 0 Å². The van der Waals surface area contributed by atoms with E-state index in [9.17, 15) is 4.79 Å². The van der Waals surface area contributed by atoms with Crippen LogP contribution >= 0.6 is 0 Å². The van der Waals surface area contributed by atoms with Crippen LogP contribution in [0, 0.1) is 6.92 Å². The van der Waals surface area contributed by atoms with Gasteiger partial charge < -0.3 is 10.6 Å². The second-order valence-corrected chi connectivity index (χ2v) is 3.39. The Morgan fingerprint density at radius 2 is 2.21 bits per heavy atom. The fraction of sp³-hybridized carbons (Fsp3) is 0.400. The first-order chi connectivity index (χ1) is 6.59. The van der Waals surface area contributed by atoms with Crippen LogP contribution in [0.15, 0.2) is 18.3 Å². The molecule has 1 heterocycles. The summed E-state index contributed by atoms with van der Waals surface area (Å²) in [7, 11) is 0. The van der Waals surface area contributed by atoms with E-state index in [1.807, 2.05) is 26.8 Å². The maximum absolute atomic E-state index is 11.3. The highest BCUT2D eigenvalue weighted by atomic mass is 16.2. The maximum atomic E-state index is 11.3. The van der Waals surface area contributed by atoms with Crippen molar-refractivity contribution >= 4 is 11.7 Å². The van der Waals surface area contributed by atoms with E-state index in [0.717, 1.165) is 11.4 Å². The van der Waals surface area contributed by atoms with Crippen molar-refractivity contribution in [1.29, 1.82) is 0 Å². The fourth-order valence-corrected chi connectivity index (χ4v) is 1.04. The summed E-state index contributed by atoms with van der Waals surface area (Å²) in [4.78, 5) is 15.4. The third kappa shape index (κ3) is 3.05. The van der Waals surface area contributed by atoms with E-state index in [1.165, 1.54) is 0 Å². The van der Waals surface area contributed by atoms with E-state index in [4.69, 9.17) is 0 Å². The lowest BCUT2D eigenvalue weighted by molar-refractivity contribution is 0.250. The summed E-state index contributed by atoms with van der Waals surface area (Å²) < 4.78 is 0. The minimum Gasteiger partial charge on any atom is -0.336 e. The minimum absolute atomic E-state index is 0.131. The number of hydrogen-bond acceptors (Lipinski definition) is 2. The van der Waals surface area contributed by atoms with Crippen molar-refractivity contribution in [2.45, 2.75) is 26.8 Å². The summed E-state index contributed by atoms with van der Waals surface area (Å²) in [5.41, 5.74) is 1.55. The highest BCUT2D eigenvalue weighted by molar-refractivity contribution is 5.89. The standard InChI is InChI=1S/C10H15N3O/c1-7(2)12-10(14)13-9-5-4-6-11-8(9)3/h4-7H,1-3H3,(H2,12,13,14). The van der Waals surface area contributed by atoms with Crippen LogP contribution in [0.5, 0.6) is 0 Å². The smallest absolute Gasteiger partial charge is 0.319 e. The number of aromatic nitrogens is 1. The SMILES string of the molecule is Cc1ncccc1NC(=O)NC(C)C. The average molecular weight is 193 g/mol. The van der Waals surface area contributed by atoms with Gasteiger partial charge in [-0.05, 0) is 32.9 Å². The number of rotatable bonds is 2. The van der Waals surface area contributed by atoms with Gasteiger partial charge in [0.2, 0.25) is 0 Å². The number of pyridine rings is 1. The molecule has 0 aliphatic carbocycles. The van der Waals surface area contributed by atoms with E-state index in [2.05, 4.69) is 15.6 Å². The Balaban J connectivity index is 2.61. The molecule has 0 aliphatic rings. The molecule has 4 nitrogen and oxygen atoms in total. The van der Waals surface area contributed by atoms with Gasteiger partial charge in [0.05, 0.1) is 11.4 Å². The van der Waals surface area contributed by atoms with Gasteiger partial charge in [0, 0.05) is 12.2 Å². The molecule has 2 N–H and O–H groups in total. The molecule has 0 spiro atoms. The predicted molar refractivity (Wildman–Crippen MR) is 56.3 cm³/mol. The van der Waals surface area contributed by atoms with Crippen molar-refractivity contribution < 1.29 is 4.79 Å². The molecule has 2 amide bonds. The molecule has 0 aliphatic heterocycles. The highest BCUT2D eigenvalue weighted by Gasteiger charge is 2.04. The number of urea groups is 1. The van der Waals surface area contributed by atoms with Crippen LogP contribution in [-0.2, 0) is 0 Å². The lowest BCUT2D eigenvalue weighted by Crippen LogP contribution is -2.34. The molecule has 14 heavy (non-hydrogen) atoms. The Morgan fingerprint density at radius 3 is 2.79 bits per heavy atom. The van der Waals surface area contributed by atoms with Crippen LogP contribution < -0.4 is 10.6 Å². The van der Waals surface area contributed by atoms with Crippen molar-refractivity contribution in [3.8, 4) is 0 Å². The first-order valence-electron chi connectivity index (χ1n) is 4.58. The summed E-state index contributed by atoms with van der Waals surface area (Å²) in [6.07, 6.45) is 1.70. The van der Waals surface area contributed by atoms with Crippen LogP contribution in [0.1, 0.15) is 19.5 Å². The van der Waals surface area contributed by atoms with Gasteiger partial charge in [0.15, 0.2) is 0 Å². The Hall–Kier alpha value is -1.58. The molecule has 1 aromatic rings. The van der Waals surface area contributed by atoms with Gasteiger partial charge >= 0.3 is 6.03 Å². The molecule has 0 fully saturated rings. The van der Waals surface area contributed by atoms with Gasteiger partial charge in [-0.1, -0.05) is 0 Å².